The standard InChI is InChI=1S/C19H21F5N4O3/c1-7(25)9-5-27(6-19(9,23)24)14-12(20)10(16(21)22)11-13(15(14)31-2)28(8-3-4-8)18(30)26-17(11)29/h7-9,16H,3-6,25H2,1-2H3,(H,26,29,30). The predicted molar refractivity (Wildman–Crippen MR) is 103 cm³/mol. The maximum Gasteiger partial charge on any atom is 0.329 e. The molecule has 2 atom stereocenters. The fraction of sp³-hybridized carbons (Fsp3) is 0.579. The predicted octanol–water partition coefficient (Wildman–Crippen LogP) is 2.53. The minimum absolute atomic E-state index is 0.321. The van der Waals surface area contributed by atoms with Crippen molar-refractivity contribution in [1.82, 2.24) is 9.55 Å². The summed E-state index contributed by atoms with van der Waals surface area (Å²) in [5, 5.41) is -0.727. The van der Waals surface area contributed by atoms with E-state index in [1.54, 1.807) is 0 Å². The van der Waals surface area contributed by atoms with Crippen molar-refractivity contribution in [3.8, 4) is 5.75 Å². The van der Waals surface area contributed by atoms with Gasteiger partial charge in [0.2, 0.25) is 0 Å². The number of hydrogen-bond donors (Lipinski definition) is 2. The molecule has 2 unspecified atom stereocenters. The molecule has 4 rings (SSSR count). The lowest BCUT2D eigenvalue weighted by molar-refractivity contribution is -0.0273. The van der Waals surface area contributed by atoms with E-state index in [1.165, 1.54) is 6.92 Å². The van der Waals surface area contributed by atoms with Crippen molar-refractivity contribution >= 4 is 16.6 Å². The Balaban J connectivity index is 2.10. The summed E-state index contributed by atoms with van der Waals surface area (Å²) in [5.74, 6) is -6.61. The van der Waals surface area contributed by atoms with Crippen molar-refractivity contribution in [3.63, 3.8) is 0 Å². The molecule has 1 aromatic carbocycles. The van der Waals surface area contributed by atoms with Gasteiger partial charge in [0.1, 0.15) is 11.2 Å². The molecular weight excluding hydrogens is 427 g/mol. The molecule has 2 aromatic rings. The molecule has 0 spiro atoms. The first-order chi connectivity index (χ1) is 14.5. The third kappa shape index (κ3) is 3.27. The number of aromatic amines is 1. The van der Waals surface area contributed by atoms with Crippen LogP contribution in [0.25, 0.3) is 10.9 Å². The summed E-state index contributed by atoms with van der Waals surface area (Å²) in [4.78, 5) is 27.8. The molecule has 2 heterocycles. The minimum atomic E-state index is -3.44. The second-order valence-corrected chi connectivity index (χ2v) is 8.10. The summed E-state index contributed by atoms with van der Waals surface area (Å²) >= 11 is 0. The molecule has 1 aliphatic carbocycles. The highest BCUT2D eigenvalue weighted by atomic mass is 19.3. The number of ether oxygens (including phenoxy) is 1. The highest BCUT2D eigenvalue weighted by Gasteiger charge is 2.51. The molecule has 2 aliphatic rings. The Hall–Kier alpha value is -2.63. The summed E-state index contributed by atoms with van der Waals surface area (Å²) in [6, 6.07) is -1.35. The molecule has 12 heteroatoms. The van der Waals surface area contributed by atoms with Gasteiger partial charge in [-0.05, 0) is 19.8 Å². The van der Waals surface area contributed by atoms with Crippen molar-refractivity contribution in [2.45, 2.75) is 44.2 Å². The highest BCUT2D eigenvalue weighted by molar-refractivity contribution is 5.94. The van der Waals surface area contributed by atoms with Crippen LogP contribution in [0.15, 0.2) is 9.59 Å². The number of halogens is 5. The van der Waals surface area contributed by atoms with Crippen LogP contribution < -0.4 is 26.6 Å². The van der Waals surface area contributed by atoms with Crippen LogP contribution in [-0.2, 0) is 0 Å². The largest absolute Gasteiger partial charge is 0.492 e. The first kappa shape index (κ1) is 21.6. The lowest BCUT2D eigenvalue weighted by atomic mass is 9.98. The Morgan fingerprint density at radius 3 is 2.39 bits per heavy atom. The first-order valence-electron chi connectivity index (χ1n) is 9.74. The molecule has 1 saturated carbocycles. The van der Waals surface area contributed by atoms with E-state index in [9.17, 15) is 27.2 Å². The van der Waals surface area contributed by atoms with E-state index < -0.39 is 82.9 Å². The van der Waals surface area contributed by atoms with Gasteiger partial charge in [0.15, 0.2) is 11.6 Å². The van der Waals surface area contributed by atoms with E-state index in [0.29, 0.717) is 12.8 Å². The van der Waals surface area contributed by atoms with Gasteiger partial charge in [0.25, 0.3) is 17.9 Å². The van der Waals surface area contributed by atoms with Crippen molar-refractivity contribution in [2.75, 3.05) is 25.1 Å². The molecule has 1 aliphatic heterocycles. The van der Waals surface area contributed by atoms with Gasteiger partial charge < -0.3 is 15.4 Å². The molecule has 1 saturated heterocycles. The zero-order valence-corrected chi connectivity index (χ0v) is 16.7. The maximum absolute atomic E-state index is 15.4. The zero-order valence-electron chi connectivity index (χ0n) is 16.7. The SMILES string of the molecule is COc1c(N2CC(C(C)N)C(F)(F)C2)c(F)c(C(F)F)c2c(=O)[nH]c(=O)n(C3CC3)c12. The second kappa shape index (κ2) is 7.21. The molecule has 170 valence electrons. The number of methoxy groups -OCH3 is 1. The van der Waals surface area contributed by atoms with Crippen molar-refractivity contribution in [2.24, 2.45) is 11.7 Å². The summed E-state index contributed by atoms with van der Waals surface area (Å²) in [5.41, 5.74) is 1.39. The summed E-state index contributed by atoms with van der Waals surface area (Å²) in [6.45, 7) is -0.00848. The van der Waals surface area contributed by atoms with Gasteiger partial charge in [-0.2, -0.15) is 0 Å². The van der Waals surface area contributed by atoms with Crippen LogP contribution in [0.5, 0.6) is 5.75 Å². The van der Waals surface area contributed by atoms with E-state index in [2.05, 4.69) is 0 Å². The van der Waals surface area contributed by atoms with E-state index in [1.807, 2.05) is 4.98 Å². The number of alkyl halides is 4. The van der Waals surface area contributed by atoms with Crippen molar-refractivity contribution in [3.05, 3.63) is 32.2 Å². The summed E-state index contributed by atoms with van der Waals surface area (Å²) in [7, 11) is 1.10. The Labute approximate surface area is 172 Å². The molecule has 0 amide bonds. The van der Waals surface area contributed by atoms with Gasteiger partial charge in [-0.1, -0.05) is 0 Å². The number of nitrogens with one attached hydrogen (secondary N) is 1. The number of hydrogen-bond acceptors (Lipinski definition) is 5. The maximum atomic E-state index is 15.4. The molecule has 3 N–H and O–H groups in total. The van der Waals surface area contributed by atoms with E-state index in [4.69, 9.17) is 10.5 Å². The third-order valence-corrected chi connectivity index (χ3v) is 5.93. The van der Waals surface area contributed by atoms with Crippen LogP contribution in [0.4, 0.5) is 27.6 Å². The molecule has 31 heavy (non-hydrogen) atoms. The van der Waals surface area contributed by atoms with Crippen LogP contribution >= 0.6 is 0 Å². The molecule has 2 fully saturated rings. The molecular formula is C19H21F5N4O3. The Bertz CT molecular complexity index is 1160. The number of H-pyrrole nitrogens is 1. The van der Waals surface area contributed by atoms with E-state index in [-0.39, 0.29) is 5.52 Å². The fourth-order valence-corrected chi connectivity index (χ4v) is 4.36. The molecule has 0 bridgehead atoms. The number of nitrogens with zero attached hydrogens (tertiary/aromatic N) is 2. The lowest BCUT2D eigenvalue weighted by Gasteiger charge is -2.25. The number of benzene rings is 1. The van der Waals surface area contributed by atoms with E-state index >= 15 is 4.39 Å². The number of fused-ring (bicyclic) bond motifs is 1. The fourth-order valence-electron chi connectivity index (χ4n) is 4.36. The van der Waals surface area contributed by atoms with Gasteiger partial charge in [0, 0.05) is 18.6 Å². The normalized spacial score (nSPS) is 21.8. The van der Waals surface area contributed by atoms with Crippen LogP contribution in [0.1, 0.15) is 37.8 Å². The number of rotatable bonds is 5. The van der Waals surface area contributed by atoms with Gasteiger partial charge in [-0.25, -0.2) is 26.7 Å². The Kier molecular flexibility index (Phi) is 5.02. The highest BCUT2D eigenvalue weighted by Crippen LogP contribution is 2.48. The first-order valence-corrected chi connectivity index (χ1v) is 9.74. The Morgan fingerprint density at radius 1 is 1.26 bits per heavy atom. The summed E-state index contributed by atoms with van der Waals surface area (Å²) in [6.07, 6.45) is -2.36. The van der Waals surface area contributed by atoms with Crippen molar-refractivity contribution in [1.29, 1.82) is 0 Å². The van der Waals surface area contributed by atoms with Crippen LogP contribution in [-0.4, -0.2) is 41.7 Å². The molecule has 7 nitrogen and oxygen atoms in total. The molecule has 0 radical (unpaired) electrons. The minimum Gasteiger partial charge on any atom is -0.492 e. The van der Waals surface area contributed by atoms with Crippen LogP contribution in [0.2, 0.25) is 0 Å². The van der Waals surface area contributed by atoms with Gasteiger partial charge in [-0.15, -0.1) is 0 Å². The van der Waals surface area contributed by atoms with Gasteiger partial charge >= 0.3 is 5.69 Å². The van der Waals surface area contributed by atoms with Gasteiger partial charge in [-0.3, -0.25) is 14.3 Å². The number of nitrogens with two attached hydrogens (primary N) is 1. The number of aromatic nitrogens is 2. The number of anilines is 1. The van der Waals surface area contributed by atoms with Gasteiger partial charge in [0.05, 0.1) is 30.5 Å². The van der Waals surface area contributed by atoms with Crippen LogP contribution in [0.3, 0.4) is 0 Å². The smallest absolute Gasteiger partial charge is 0.329 e. The average Bonchev–Trinajstić information content (AvgIpc) is 3.43. The van der Waals surface area contributed by atoms with Crippen LogP contribution in [0, 0.1) is 11.7 Å². The summed E-state index contributed by atoms with van der Waals surface area (Å²) < 4.78 is 78.7. The Morgan fingerprint density at radius 2 is 1.90 bits per heavy atom. The van der Waals surface area contributed by atoms with E-state index in [0.717, 1.165) is 16.6 Å². The zero-order chi connectivity index (χ0) is 22.8. The topological polar surface area (TPSA) is 93.3 Å². The molecule has 1 aromatic heterocycles. The average molecular weight is 448 g/mol. The quantitative estimate of drug-likeness (QED) is 0.686. The lowest BCUT2D eigenvalue weighted by Crippen LogP contribution is -2.39. The second-order valence-electron chi connectivity index (χ2n) is 8.10. The monoisotopic (exact) mass is 448 g/mol. The van der Waals surface area contributed by atoms with Crippen molar-refractivity contribution < 1.29 is 26.7 Å². The third-order valence-electron chi connectivity index (χ3n) is 5.93.